The third-order valence-corrected chi connectivity index (χ3v) is 4.70. The summed E-state index contributed by atoms with van der Waals surface area (Å²) in [5.41, 5.74) is -0.367. The van der Waals surface area contributed by atoms with Gasteiger partial charge in [0.05, 0.1) is 5.56 Å². The number of carbonyl (C=O) groups excluding carboxylic acids is 1. The smallest absolute Gasteiger partial charge is 0.343 e. The third kappa shape index (κ3) is 3.28. The Morgan fingerprint density at radius 2 is 1.82 bits per heavy atom. The zero-order valence-corrected chi connectivity index (χ0v) is 13.3. The third-order valence-electron chi connectivity index (χ3n) is 4.70. The molecule has 0 radical (unpaired) electrons. The number of carbonyl (C=O) groups is 1. The van der Waals surface area contributed by atoms with Crippen LogP contribution in [0, 0.1) is 11.8 Å². The molecule has 1 saturated carbocycles. The molecule has 1 aromatic rings. The minimum Gasteiger partial charge on any atom is -0.343 e. The Hall–Kier alpha value is -1.52. The lowest BCUT2D eigenvalue weighted by Gasteiger charge is -2.28. The van der Waals surface area contributed by atoms with E-state index < -0.39 is 11.7 Å². The van der Waals surface area contributed by atoms with Crippen LogP contribution in [0.5, 0.6) is 0 Å². The van der Waals surface area contributed by atoms with Crippen LogP contribution >= 0.6 is 0 Å². The van der Waals surface area contributed by atoms with Crippen molar-refractivity contribution in [3.8, 4) is 0 Å². The van der Waals surface area contributed by atoms with Gasteiger partial charge in [-0.1, -0.05) is 32.0 Å². The van der Waals surface area contributed by atoms with Crippen LogP contribution in [0.15, 0.2) is 24.3 Å². The molecule has 1 fully saturated rings. The van der Waals surface area contributed by atoms with E-state index in [0.29, 0.717) is 12.3 Å². The fourth-order valence-electron chi connectivity index (χ4n) is 2.80. The minimum absolute atomic E-state index is 0.0526. The first-order valence-corrected chi connectivity index (χ1v) is 7.57. The Bertz CT molecular complexity index is 553. The molecule has 0 spiro atoms. The predicted octanol–water partition coefficient (Wildman–Crippen LogP) is 4.31. The Balaban J connectivity index is 2.15. The molecule has 3 atom stereocenters. The molecule has 2 rings (SSSR count). The molecule has 0 unspecified atom stereocenters. The molecular weight excluding hydrogens is 291 g/mol. The molecule has 0 bridgehead atoms. The number of rotatable bonds is 4. The summed E-state index contributed by atoms with van der Waals surface area (Å²) in [7, 11) is 1.73. The zero-order chi connectivity index (χ0) is 16.7. The topological polar surface area (TPSA) is 20.3 Å². The van der Waals surface area contributed by atoms with Crippen LogP contribution in [0.25, 0.3) is 0 Å². The van der Waals surface area contributed by atoms with Gasteiger partial charge in [0.1, 0.15) is 0 Å². The van der Waals surface area contributed by atoms with Gasteiger partial charge in [-0.15, -0.1) is 0 Å². The van der Waals surface area contributed by atoms with E-state index in [-0.39, 0.29) is 29.3 Å². The van der Waals surface area contributed by atoms with Gasteiger partial charge in [-0.25, -0.2) is 0 Å². The van der Waals surface area contributed by atoms with E-state index in [2.05, 4.69) is 0 Å². The Morgan fingerprint density at radius 1 is 1.23 bits per heavy atom. The number of benzene rings is 1. The molecule has 122 valence electrons. The second kappa shape index (κ2) is 5.94. The maximum atomic E-state index is 13.1. The van der Waals surface area contributed by atoms with E-state index in [1.165, 1.54) is 12.1 Å². The summed E-state index contributed by atoms with van der Waals surface area (Å²) in [6, 6.07) is 5.65. The van der Waals surface area contributed by atoms with Crippen molar-refractivity contribution in [2.75, 3.05) is 7.05 Å². The molecule has 1 amide bonds. The fourth-order valence-corrected chi connectivity index (χ4v) is 2.80. The second-order valence-corrected chi connectivity index (χ2v) is 6.47. The summed E-state index contributed by atoms with van der Waals surface area (Å²) < 4.78 is 39.2. The van der Waals surface area contributed by atoms with Crippen molar-refractivity contribution in [3.05, 3.63) is 35.4 Å². The second-order valence-electron chi connectivity index (χ2n) is 6.47. The summed E-state index contributed by atoms with van der Waals surface area (Å²) in [5, 5.41) is 0. The Labute approximate surface area is 129 Å². The predicted molar refractivity (Wildman–Crippen MR) is 79.4 cm³/mol. The Kier molecular flexibility index (Phi) is 4.54. The number of alkyl halides is 3. The van der Waals surface area contributed by atoms with Crippen LogP contribution in [-0.4, -0.2) is 23.9 Å². The van der Waals surface area contributed by atoms with E-state index >= 15 is 0 Å². The number of hydrogen-bond acceptors (Lipinski definition) is 1. The average Bonchev–Trinajstić information content (AvgIpc) is 3.24. The van der Waals surface area contributed by atoms with Crippen molar-refractivity contribution in [2.24, 2.45) is 11.8 Å². The van der Waals surface area contributed by atoms with Gasteiger partial charge in [-0.2, -0.15) is 13.2 Å². The van der Waals surface area contributed by atoms with Crippen molar-refractivity contribution < 1.29 is 18.0 Å². The first kappa shape index (κ1) is 16.8. The van der Waals surface area contributed by atoms with E-state index in [4.69, 9.17) is 0 Å². The summed E-state index contributed by atoms with van der Waals surface area (Å²) in [6.07, 6.45) is -3.87. The molecule has 0 heterocycles. The zero-order valence-electron chi connectivity index (χ0n) is 13.3. The van der Waals surface area contributed by atoms with Crippen molar-refractivity contribution >= 4 is 5.91 Å². The molecule has 0 aromatic heterocycles. The molecule has 1 aliphatic carbocycles. The van der Waals surface area contributed by atoms with Crippen LogP contribution < -0.4 is 0 Å². The van der Waals surface area contributed by atoms with Crippen LogP contribution in [0.2, 0.25) is 0 Å². The molecule has 22 heavy (non-hydrogen) atoms. The highest BCUT2D eigenvalue weighted by molar-refractivity contribution is 5.83. The lowest BCUT2D eigenvalue weighted by Crippen LogP contribution is -2.39. The van der Waals surface area contributed by atoms with Crippen molar-refractivity contribution in [3.63, 3.8) is 0 Å². The first-order chi connectivity index (χ1) is 10.1. The summed E-state index contributed by atoms with van der Waals surface area (Å²) >= 11 is 0. The molecule has 0 N–H and O–H groups in total. The van der Waals surface area contributed by atoms with Crippen LogP contribution in [-0.2, 0) is 11.0 Å². The quantitative estimate of drug-likeness (QED) is 0.811. The maximum absolute atomic E-state index is 13.1. The van der Waals surface area contributed by atoms with Gasteiger partial charge in [0.2, 0.25) is 5.91 Å². The molecule has 0 saturated heterocycles. The normalized spacial score (nSPS) is 22.5. The summed E-state index contributed by atoms with van der Waals surface area (Å²) in [4.78, 5) is 14.1. The Morgan fingerprint density at radius 3 is 2.36 bits per heavy atom. The van der Waals surface area contributed by atoms with Gasteiger partial charge in [0.25, 0.3) is 0 Å². The average molecular weight is 313 g/mol. The summed E-state index contributed by atoms with van der Waals surface area (Å²) in [6.45, 7) is 6.01. The highest BCUT2D eigenvalue weighted by atomic mass is 19.4. The van der Waals surface area contributed by atoms with Crippen LogP contribution in [0.3, 0.4) is 0 Å². The molecule has 2 nitrogen and oxygen atoms in total. The van der Waals surface area contributed by atoms with Gasteiger partial charge >= 0.3 is 6.18 Å². The number of nitrogens with zero attached hydrogens (tertiary/aromatic N) is 1. The first-order valence-electron chi connectivity index (χ1n) is 7.57. The number of hydrogen-bond donors (Lipinski definition) is 0. The maximum Gasteiger partial charge on any atom is 0.416 e. The van der Waals surface area contributed by atoms with Gasteiger partial charge in [0, 0.05) is 19.0 Å². The molecule has 0 aliphatic heterocycles. The van der Waals surface area contributed by atoms with E-state index in [1.807, 2.05) is 20.8 Å². The van der Waals surface area contributed by atoms with E-state index in [1.54, 1.807) is 18.0 Å². The molecule has 1 aliphatic rings. The van der Waals surface area contributed by atoms with Crippen molar-refractivity contribution in [2.45, 2.75) is 45.3 Å². The fraction of sp³-hybridized carbons (Fsp3) is 0.588. The largest absolute Gasteiger partial charge is 0.416 e. The standard InChI is InChI=1S/C17H22F3NO/c1-10(2)11(3)21(4)16(22)14-9-13(14)12-7-5-6-8-15(12)17(18,19)20/h5-8,10-11,13-14H,9H2,1-4H3/t11-,13+,14+/m0/s1. The highest BCUT2D eigenvalue weighted by Gasteiger charge is 2.49. The van der Waals surface area contributed by atoms with E-state index in [9.17, 15) is 18.0 Å². The van der Waals surface area contributed by atoms with Crippen LogP contribution in [0.4, 0.5) is 13.2 Å². The van der Waals surface area contributed by atoms with Gasteiger partial charge in [-0.3, -0.25) is 4.79 Å². The van der Waals surface area contributed by atoms with Gasteiger partial charge < -0.3 is 4.90 Å². The lowest BCUT2D eigenvalue weighted by atomic mass is 10.0. The minimum atomic E-state index is -4.37. The van der Waals surface area contributed by atoms with Gasteiger partial charge in [-0.05, 0) is 36.8 Å². The molecule has 5 heteroatoms. The van der Waals surface area contributed by atoms with Crippen molar-refractivity contribution in [1.29, 1.82) is 0 Å². The number of halogens is 3. The molecule has 1 aromatic carbocycles. The van der Waals surface area contributed by atoms with E-state index in [0.717, 1.165) is 6.07 Å². The molecular formula is C17H22F3NO. The van der Waals surface area contributed by atoms with Gasteiger partial charge in [0.15, 0.2) is 0 Å². The monoisotopic (exact) mass is 313 g/mol. The number of amides is 1. The van der Waals surface area contributed by atoms with Crippen LogP contribution in [0.1, 0.15) is 44.2 Å². The SMILES string of the molecule is CC(C)[C@H](C)N(C)C(=O)[C@@H]1C[C@@H]1c1ccccc1C(F)(F)F. The summed E-state index contributed by atoms with van der Waals surface area (Å²) in [5.74, 6) is -0.376. The lowest BCUT2D eigenvalue weighted by molar-refractivity contribution is -0.139. The van der Waals surface area contributed by atoms with Crippen molar-refractivity contribution in [1.82, 2.24) is 4.90 Å². The highest BCUT2D eigenvalue weighted by Crippen LogP contribution is 2.51.